The van der Waals surface area contributed by atoms with Crippen molar-refractivity contribution in [3.8, 4) is 11.4 Å². The minimum Gasteiger partial charge on any atom is -0.382 e. The van der Waals surface area contributed by atoms with E-state index in [1.807, 2.05) is 36.4 Å². The normalized spacial score (nSPS) is 10.4. The molecule has 3 heterocycles. The van der Waals surface area contributed by atoms with Crippen LogP contribution in [0, 0.1) is 0 Å². The molecule has 0 aliphatic rings. The molecule has 0 aliphatic heterocycles. The Labute approximate surface area is 172 Å². The van der Waals surface area contributed by atoms with Gasteiger partial charge in [0.2, 0.25) is 5.95 Å². The van der Waals surface area contributed by atoms with Gasteiger partial charge in [-0.15, -0.1) is 0 Å². The van der Waals surface area contributed by atoms with Gasteiger partial charge in [-0.1, -0.05) is 48.3 Å². The number of hydrogen-bond donors (Lipinski definition) is 2. The summed E-state index contributed by atoms with van der Waals surface area (Å²) in [7, 11) is 0. The Morgan fingerprint density at radius 1 is 0.929 bits per heavy atom. The quantitative estimate of drug-likeness (QED) is 0.489. The molecule has 0 spiro atoms. The number of nitrogen functional groups attached to an aromatic ring is 2. The van der Waals surface area contributed by atoms with Crippen LogP contribution in [0.5, 0.6) is 0 Å². The Morgan fingerprint density at radius 2 is 1.75 bits per heavy atom. The first-order chi connectivity index (χ1) is 13.5. The fourth-order valence-corrected chi connectivity index (χ4v) is 2.91. The maximum absolute atomic E-state index is 6.23. The second kappa shape index (κ2) is 8.82. The summed E-state index contributed by atoms with van der Waals surface area (Å²) in [4.78, 5) is 16.3. The number of hydrogen-bond acceptors (Lipinski definition) is 6. The van der Waals surface area contributed by atoms with Crippen molar-refractivity contribution < 1.29 is 0 Å². The molecule has 3 aromatic heterocycles. The topological polar surface area (TPSA) is 104 Å². The average molecular weight is 413 g/mol. The maximum Gasteiger partial charge on any atom is 0.222 e. The molecule has 4 N–H and O–H groups in total. The largest absolute Gasteiger partial charge is 0.382 e. The van der Waals surface area contributed by atoms with Gasteiger partial charge in [0, 0.05) is 11.6 Å². The Hall–Kier alpha value is -2.96. The number of nitrogens with zero attached hydrogens (tertiary/aromatic N) is 4. The Bertz CT molecular complexity index is 1100. The van der Waals surface area contributed by atoms with Crippen LogP contribution < -0.4 is 11.5 Å². The highest BCUT2D eigenvalue weighted by molar-refractivity contribution is 6.35. The number of rotatable bonds is 2. The van der Waals surface area contributed by atoms with E-state index in [0.29, 0.717) is 10.0 Å². The number of anilines is 2. The van der Waals surface area contributed by atoms with E-state index in [1.54, 1.807) is 6.20 Å². The van der Waals surface area contributed by atoms with E-state index < -0.39 is 0 Å². The summed E-state index contributed by atoms with van der Waals surface area (Å²) in [6, 6.07) is 13.9. The minimum absolute atomic E-state index is 0.136. The van der Waals surface area contributed by atoms with Gasteiger partial charge in [0.15, 0.2) is 0 Å². The lowest BCUT2D eigenvalue weighted by atomic mass is 10.0. The Balaban J connectivity index is 0.000000211. The third kappa shape index (κ3) is 4.47. The molecule has 142 valence electrons. The van der Waals surface area contributed by atoms with E-state index in [1.165, 1.54) is 11.8 Å². The number of fused-ring (bicyclic) bond motifs is 1. The van der Waals surface area contributed by atoms with E-state index in [4.69, 9.17) is 39.7 Å². The van der Waals surface area contributed by atoms with Crippen molar-refractivity contribution in [2.24, 2.45) is 0 Å². The van der Waals surface area contributed by atoms with E-state index in [0.717, 1.165) is 28.7 Å². The fourth-order valence-electron chi connectivity index (χ4n) is 2.59. The fraction of sp³-hybridized carbons (Fsp3) is 0.100. The van der Waals surface area contributed by atoms with Crippen LogP contribution in [-0.4, -0.2) is 19.9 Å². The summed E-state index contributed by atoms with van der Waals surface area (Å²) in [5.41, 5.74) is 14.3. The second-order valence-corrected chi connectivity index (χ2v) is 6.65. The molecule has 0 amide bonds. The number of nitrogens with two attached hydrogens (primary N) is 2. The van der Waals surface area contributed by atoms with Gasteiger partial charge in [0.05, 0.1) is 28.1 Å². The van der Waals surface area contributed by atoms with Crippen LogP contribution in [0.25, 0.3) is 22.3 Å². The van der Waals surface area contributed by atoms with Gasteiger partial charge in [-0.05, 0) is 36.2 Å². The molecule has 0 atom stereocenters. The lowest BCUT2D eigenvalue weighted by Gasteiger charge is -2.09. The molecule has 28 heavy (non-hydrogen) atoms. The second-order valence-electron chi connectivity index (χ2n) is 5.84. The number of pyridine rings is 2. The lowest BCUT2D eigenvalue weighted by Crippen LogP contribution is -1.98. The zero-order valence-corrected chi connectivity index (χ0v) is 16.6. The first-order valence-electron chi connectivity index (χ1n) is 8.52. The third-order valence-corrected chi connectivity index (χ3v) is 4.55. The summed E-state index contributed by atoms with van der Waals surface area (Å²) in [5.74, 6) is 0.348. The van der Waals surface area contributed by atoms with Gasteiger partial charge >= 0.3 is 0 Å². The van der Waals surface area contributed by atoms with E-state index in [-0.39, 0.29) is 11.8 Å². The summed E-state index contributed by atoms with van der Waals surface area (Å²) in [6.45, 7) is 2.12. The predicted molar refractivity (Wildman–Crippen MR) is 115 cm³/mol. The Kier molecular flexibility index (Phi) is 6.23. The van der Waals surface area contributed by atoms with Gasteiger partial charge in [-0.2, -0.15) is 4.98 Å². The van der Waals surface area contributed by atoms with Crippen molar-refractivity contribution in [1.29, 1.82) is 0 Å². The summed E-state index contributed by atoms with van der Waals surface area (Å²) in [6.07, 6.45) is 4.06. The SMILES string of the molecule is CCc1cc2cccc(Cl)c2nc1-c1ccccn1.Nc1ncc(Cl)c(N)n1. The van der Waals surface area contributed by atoms with Crippen LogP contribution >= 0.6 is 23.2 Å². The minimum atomic E-state index is 0.136. The van der Waals surface area contributed by atoms with Gasteiger partial charge in [-0.25, -0.2) is 9.97 Å². The number of aryl methyl sites for hydroxylation is 1. The standard InChI is InChI=1S/C16H13ClN2.C4H5ClN4/c1-2-11-10-12-6-5-7-13(17)15(12)19-16(11)14-8-3-4-9-18-14;5-2-1-8-4(7)9-3(2)6/h3-10H,2H2,1H3;1H,(H4,6,7,8,9). The van der Waals surface area contributed by atoms with Gasteiger partial charge in [0.1, 0.15) is 10.8 Å². The van der Waals surface area contributed by atoms with Crippen LogP contribution in [-0.2, 0) is 6.42 Å². The molecule has 0 fully saturated rings. The lowest BCUT2D eigenvalue weighted by molar-refractivity contribution is 1.11. The van der Waals surface area contributed by atoms with Crippen LogP contribution in [0.1, 0.15) is 12.5 Å². The van der Waals surface area contributed by atoms with Crippen LogP contribution in [0.4, 0.5) is 11.8 Å². The molecular weight excluding hydrogens is 395 g/mol. The molecule has 0 aliphatic carbocycles. The van der Waals surface area contributed by atoms with Crippen molar-refractivity contribution in [2.45, 2.75) is 13.3 Å². The first-order valence-corrected chi connectivity index (χ1v) is 9.28. The number of aromatic nitrogens is 4. The molecule has 1 aromatic carbocycles. The summed E-state index contributed by atoms with van der Waals surface area (Å²) in [5, 5.41) is 2.07. The molecule has 0 bridgehead atoms. The highest BCUT2D eigenvalue weighted by atomic mass is 35.5. The van der Waals surface area contributed by atoms with Gasteiger partial charge < -0.3 is 11.5 Å². The van der Waals surface area contributed by atoms with Crippen LogP contribution in [0.2, 0.25) is 10.0 Å². The van der Waals surface area contributed by atoms with Gasteiger partial charge in [-0.3, -0.25) is 4.98 Å². The number of halogens is 2. The number of benzene rings is 1. The van der Waals surface area contributed by atoms with Gasteiger partial charge in [0.25, 0.3) is 0 Å². The molecule has 0 saturated carbocycles. The molecule has 4 rings (SSSR count). The van der Waals surface area contributed by atoms with Crippen LogP contribution in [0.15, 0.2) is 54.9 Å². The molecule has 0 saturated heterocycles. The highest BCUT2D eigenvalue weighted by Crippen LogP contribution is 2.28. The van der Waals surface area contributed by atoms with Crippen molar-refractivity contribution in [1.82, 2.24) is 19.9 Å². The Morgan fingerprint density at radius 3 is 2.39 bits per heavy atom. The number of para-hydroxylation sites is 1. The molecule has 0 unspecified atom stereocenters. The molecule has 8 heteroatoms. The molecule has 0 radical (unpaired) electrons. The maximum atomic E-state index is 6.23. The molecule has 6 nitrogen and oxygen atoms in total. The van der Waals surface area contributed by atoms with E-state index in [2.05, 4.69) is 27.9 Å². The first kappa shape index (κ1) is 19.8. The summed E-state index contributed by atoms with van der Waals surface area (Å²) < 4.78 is 0. The van der Waals surface area contributed by atoms with E-state index >= 15 is 0 Å². The molecular formula is C20H18Cl2N6. The van der Waals surface area contributed by atoms with Crippen molar-refractivity contribution in [3.63, 3.8) is 0 Å². The van der Waals surface area contributed by atoms with Crippen LogP contribution in [0.3, 0.4) is 0 Å². The zero-order valence-electron chi connectivity index (χ0n) is 15.1. The van der Waals surface area contributed by atoms with Crippen molar-refractivity contribution in [3.05, 3.63) is 70.5 Å². The smallest absolute Gasteiger partial charge is 0.222 e. The third-order valence-electron chi connectivity index (χ3n) is 3.95. The average Bonchev–Trinajstić information content (AvgIpc) is 2.71. The zero-order chi connectivity index (χ0) is 20.1. The molecule has 4 aromatic rings. The van der Waals surface area contributed by atoms with E-state index in [9.17, 15) is 0 Å². The summed E-state index contributed by atoms with van der Waals surface area (Å²) >= 11 is 11.7. The monoisotopic (exact) mass is 412 g/mol. The van der Waals surface area contributed by atoms with Crippen molar-refractivity contribution in [2.75, 3.05) is 11.5 Å². The predicted octanol–water partition coefficient (Wildman–Crippen LogP) is 4.81. The van der Waals surface area contributed by atoms with Crippen molar-refractivity contribution >= 4 is 45.9 Å². The highest BCUT2D eigenvalue weighted by Gasteiger charge is 2.10.